The molecule has 0 aliphatic heterocycles. The van der Waals surface area contributed by atoms with Crippen molar-refractivity contribution in [2.45, 2.75) is 18.4 Å². The molecule has 9 heteroatoms. The summed E-state index contributed by atoms with van der Waals surface area (Å²) < 4.78 is 30.3. The Bertz CT molecular complexity index is 1280. The predicted molar refractivity (Wildman–Crippen MR) is 120 cm³/mol. The van der Waals surface area contributed by atoms with Crippen molar-refractivity contribution in [1.82, 2.24) is 19.3 Å². The van der Waals surface area contributed by atoms with Gasteiger partial charge in [0.25, 0.3) is 0 Å². The summed E-state index contributed by atoms with van der Waals surface area (Å²) in [5.41, 5.74) is 3.97. The first-order valence-electron chi connectivity index (χ1n) is 9.12. The molecule has 0 aliphatic rings. The number of nitrogens with zero attached hydrogens (tertiary/aromatic N) is 3. The number of nitrogens with one attached hydrogen (secondary N) is 1. The van der Waals surface area contributed by atoms with Gasteiger partial charge in [0.2, 0.25) is 10.0 Å². The van der Waals surface area contributed by atoms with Gasteiger partial charge in [0.1, 0.15) is 9.90 Å². The SMILES string of the molecule is Cc1c(S(=O)(=O)NCc2cccnc2)cc(-c2nc(-c3ccc(Cl)cc3)cs2)n1C. The van der Waals surface area contributed by atoms with Crippen molar-refractivity contribution in [3.8, 4) is 22.0 Å². The maximum Gasteiger partial charge on any atom is 0.242 e. The highest BCUT2D eigenvalue weighted by atomic mass is 35.5. The van der Waals surface area contributed by atoms with Gasteiger partial charge in [-0.2, -0.15) is 0 Å². The third-order valence-electron chi connectivity index (χ3n) is 4.83. The second kappa shape index (κ2) is 8.31. The fraction of sp³-hybridized carbons (Fsp3) is 0.143. The fourth-order valence-corrected chi connectivity index (χ4v) is 5.36. The average molecular weight is 459 g/mol. The highest BCUT2D eigenvalue weighted by Gasteiger charge is 2.23. The molecule has 6 nitrogen and oxygen atoms in total. The minimum absolute atomic E-state index is 0.178. The highest BCUT2D eigenvalue weighted by Crippen LogP contribution is 2.33. The molecule has 1 aromatic carbocycles. The van der Waals surface area contributed by atoms with Gasteiger partial charge in [-0.3, -0.25) is 4.98 Å². The first-order chi connectivity index (χ1) is 14.3. The number of thiazole rings is 1. The molecule has 154 valence electrons. The molecule has 3 aromatic heterocycles. The van der Waals surface area contributed by atoms with E-state index in [1.54, 1.807) is 31.5 Å². The minimum Gasteiger partial charge on any atom is -0.345 e. The zero-order valence-corrected chi connectivity index (χ0v) is 18.7. The molecule has 0 radical (unpaired) electrons. The van der Waals surface area contributed by atoms with Crippen molar-refractivity contribution in [3.05, 3.63) is 76.5 Å². The van der Waals surface area contributed by atoms with E-state index >= 15 is 0 Å². The molecular formula is C21H19ClN4O2S2. The number of hydrogen-bond donors (Lipinski definition) is 1. The maximum absolute atomic E-state index is 12.9. The van der Waals surface area contributed by atoms with E-state index in [2.05, 4.69) is 9.71 Å². The highest BCUT2D eigenvalue weighted by molar-refractivity contribution is 7.89. The molecule has 0 atom stereocenters. The van der Waals surface area contributed by atoms with Crippen LogP contribution >= 0.6 is 22.9 Å². The van der Waals surface area contributed by atoms with Gasteiger partial charge in [-0.25, -0.2) is 18.1 Å². The molecule has 0 unspecified atom stereocenters. The standard InChI is InChI=1S/C21H19ClN4O2S2/c1-14-20(30(27,28)24-12-15-4-3-9-23-11-15)10-19(26(14)2)21-25-18(13-29-21)16-5-7-17(22)8-6-16/h3-11,13,24H,12H2,1-2H3. The van der Waals surface area contributed by atoms with Gasteiger partial charge in [-0.15, -0.1) is 11.3 Å². The molecule has 4 aromatic rings. The van der Waals surface area contributed by atoms with Crippen LogP contribution in [0.3, 0.4) is 0 Å². The average Bonchev–Trinajstić information content (AvgIpc) is 3.34. The Kier molecular flexibility index (Phi) is 5.75. The van der Waals surface area contributed by atoms with E-state index in [1.807, 2.05) is 47.3 Å². The molecule has 0 amide bonds. The molecule has 30 heavy (non-hydrogen) atoms. The van der Waals surface area contributed by atoms with Gasteiger partial charge in [-0.1, -0.05) is 29.8 Å². The molecule has 0 saturated carbocycles. The third kappa shape index (κ3) is 4.17. The van der Waals surface area contributed by atoms with Crippen molar-refractivity contribution < 1.29 is 8.42 Å². The van der Waals surface area contributed by atoms with E-state index < -0.39 is 10.0 Å². The smallest absolute Gasteiger partial charge is 0.242 e. The Hall–Kier alpha value is -2.52. The minimum atomic E-state index is -3.69. The lowest BCUT2D eigenvalue weighted by atomic mass is 10.2. The van der Waals surface area contributed by atoms with Crippen molar-refractivity contribution in [2.75, 3.05) is 0 Å². The summed E-state index contributed by atoms with van der Waals surface area (Å²) in [5.74, 6) is 0. The molecule has 0 aliphatic carbocycles. The van der Waals surface area contributed by atoms with Crippen molar-refractivity contribution in [2.24, 2.45) is 7.05 Å². The summed E-state index contributed by atoms with van der Waals surface area (Å²) in [6.07, 6.45) is 3.29. The lowest BCUT2D eigenvalue weighted by molar-refractivity contribution is 0.580. The second-order valence-corrected chi connectivity index (χ2v) is 9.80. The third-order valence-corrected chi connectivity index (χ3v) is 7.46. The maximum atomic E-state index is 12.9. The van der Waals surface area contributed by atoms with Crippen molar-refractivity contribution >= 4 is 33.0 Å². The van der Waals surface area contributed by atoms with Crippen molar-refractivity contribution in [3.63, 3.8) is 0 Å². The van der Waals surface area contributed by atoms with Crippen LogP contribution in [0.4, 0.5) is 0 Å². The number of benzene rings is 1. The predicted octanol–water partition coefficient (Wildman–Crippen LogP) is 4.65. The topological polar surface area (TPSA) is 76.9 Å². The lowest BCUT2D eigenvalue weighted by Gasteiger charge is -2.07. The first kappa shape index (κ1) is 20.7. The Labute approximate surface area is 184 Å². The van der Waals surface area contributed by atoms with Crippen LogP contribution in [-0.4, -0.2) is 23.0 Å². The molecule has 0 bridgehead atoms. The summed E-state index contributed by atoms with van der Waals surface area (Å²) in [7, 11) is -1.84. The first-order valence-corrected chi connectivity index (χ1v) is 11.9. The van der Waals surface area contributed by atoms with Crippen LogP contribution in [0.25, 0.3) is 22.0 Å². The Balaban J connectivity index is 1.62. The van der Waals surface area contributed by atoms with Crippen LogP contribution in [0, 0.1) is 6.92 Å². The van der Waals surface area contributed by atoms with E-state index in [0.29, 0.717) is 10.7 Å². The number of hydrogen-bond acceptors (Lipinski definition) is 5. The molecule has 0 fully saturated rings. The molecule has 4 rings (SSSR count). The second-order valence-electron chi connectivity index (χ2n) is 6.77. The largest absolute Gasteiger partial charge is 0.345 e. The molecular weight excluding hydrogens is 440 g/mol. The summed E-state index contributed by atoms with van der Waals surface area (Å²) >= 11 is 7.43. The van der Waals surface area contributed by atoms with Gasteiger partial charge >= 0.3 is 0 Å². The summed E-state index contributed by atoms with van der Waals surface area (Å²) in [6, 6.07) is 12.7. The Morgan fingerprint density at radius 2 is 1.97 bits per heavy atom. The van der Waals surface area contributed by atoms with E-state index in [-0.39, 0.29) is 11.4 Å². The number of halogens is 1. The fourth-order valence-electron chi connectivity index (χ4n) is 3.05. The number of pyridine rings is 1. The van der Waals surface area contributed by atoms with Crippen LogP contribution in [0.2, 0.25) is 5.02 Å². The molecule has 0 spiro atoms. The normalized spacial score (nSPS) is 11.7. The zero-order chi connectivity index (χ0) is 21.3. The molecule has 1 N–H and O–H groups in total. The van der Waals surface area contributed by atoms with Crippen molar-refractivity contribution in [1.29, 1.82) is 0 Å². The number of rotatable bonds is 6. The summed E-state index contributed by atoms with van der Waals surface area (Å²) in [5, 5.41) is 3.37. The van der Waals surface area contributed by atoms with Crippen LogP contribution in [0.5, 0.6) is 0 Å². The van der Waals surface area contributed by atoms with Gasteiger partial charge < -0.3 is 4.57 Å². The monoisotopic (exact) mass is 458 g/mol. The Morgan fingerprint density at radius 3 is 2.67 bits per heavy atom. The van der Waals surface area contributed by atoms with Crippen LogP contribution < -0.4 is 4.72 Å². The quantitative estimate of drug-likeness (QED) is 0.456. The van der Waals surface area contributed by atoms with Gasteiger partial charge in [0.05, 0.1) is 11.4 Å². The van der Waals surface area contributed by atoms with Crippen LogP contribution in [0.15, 0.2) is 65.1 Å². The number of aromatic nitrogens is 3. The van der Waals surface area contributed by atoms with Gasteiger partial charge in [-0.05, 0) is 36.8 Å². The van der Waals surface area contributed by atoms with E-state index in [4.69, 9.17) is 16.6 Å². The van der Waals surface area contributed by atoms with Crippen LogP contribution in [0.1, 0.15) is 11.3 Å². The van der Waals surface area contributed by atoms with Gasteiger partial charge in [0, 0.05) is 47.6 Å². The van der Waals surface area contributed by atoms with Crippen LogP contribution in [-0.2, 0) is 23.6 Å². The molecule has 0 saturated heterocycles. The van der Waals surface area contributed by atoms with E-state index in [0.717, 1.165) is 27.5 Å². The Morgan fingerprint density at radius 1 is 1.20 bits per heavy atom. The molecule has 3 heterocycles. The van der Waals surface area contributed by atoms with E-state index in [9.17, 15) is 8.42 Å². The number of sulfonamides is 1. The summed E-state index contributed by atoms with van der Waals surface area (Å²) in [4.78, 5) is 8.96. The summed E-state index contributed by atoms with van der Waals surface area (Å²) in [6.45, 7) is 1.97. The van der Waals surface area contributed by atoms with Gasteiger partial charge in [0.15, 0.2) is 0 Å². The zero-order valence-electron chi connectivity index (χ0n) is 16.3. The lowest BCUT2D eigenvalue weighted by Crippen LogP contribution is -2.23. The van der Waals surface area contributed by atoms with E-state index in [1.165, 1.54) is 11.3 Å².